The van der Waals surface area contributed by atoms with Crippen molar-refractivity contribution in [3.63, 3.8) is 0 Å². The second-order valence-electron chi connectivity index (χ2n) is 6.71. The summed E-state index contributed by atoms with van der Waals surface area (Å²) >= 11 is 0. The van der Waals surface area contributed by atoms with Gasteiger partial charge in [0.1, 0.15) is 6.61 Å². The van der Waals surface area contributed by atoms with Crippen molar-refractivity contribution in [2.75, 3.05) is 13.7 Å². The molecule has 0 atom stereocenters. The van der Waals surface area contributed by atoms with E-state index in [1.807, 2.05) is 18.2 Å². The number of hydrogen-bond acceptors (Lipinski definition) is 3. The summed E-state index contributed by atoms with van der Waals surface area (Å²) < 4.78 is 10.8. The van der Waals surface area contributed by atoms with E-state index in [1.165, 1.54) is 29.5 Å². The first kappa shape index (κ1) is 18.8. The summed E-state index contributed by atoms with van der Waals surface area (Å²) in [5.74, 6) is 3.71. The van der Waals surface area contributed by atoms with Crippen LogP contribution >= 0.6 is 0 Å². The van der Waals surface area contributed by atoms with Gasteiger partial charge in [0.25, 0.3) is 0 Å². The number of carbonyl (C=O) groups excluding carboxylic acids is 1. The third-order valence-electron chi connectivity index (χ3n) is 4.83. The van der Waals surface area contributed by atoms with Crippen LogP contribution in [0.3, 0.4) is 0 Å². The molecule has 1 N–H and O–H groups in total. The highest BCUT2D eigenvalue weighted by Gasteiger charge is 2.11. The van der Waals surface area contributed by atoms with Crippen LogP contribution in [0.1, 0.15) is 35.1 Å². The number of benzene rings is 2. The predicted octanol–water partition coefficient (Wildman–Crippen LogP) is 3.44. The van der Waals surface area contributed by atoms with Gasteiger partial charge in [0.05, 0.1) is 7.11 Å². The highest BCUT2D eigenvalue weighted by Crippen LogP contribution is 2.28. The molecular weight excluding hydrogens is 338 g/mol. The number of terminal acetylenes is 1. The predicted molar refractivity (Wildman–Crippen MR) is 106 cm³/mol. The van der Waals surface area contributed by atoms with Gasteiger partial charge in [-0.25, -0.2) is 0 Å². The highest BCUT2D eigenvalue weighted by atomic mass is 16.5. The van der Waals surface area contributed by atoms with Crippen molar-refractivity contribution in [1.82, 2.24) is 5.32 Å². The number of aryl methyl sites for hydroxylation is 3. The number of ether oxygens (including phenoxy) is 2. The van der Waals surface area contributed by atoms with Gasteiger partial charge in [0, 0.05) is 13.0 Å². The Bertz CT molecular complexity index is 851. The molecule has 2 aromatic rings. The van der Waals surface area contributed by atoms with E-state index in [-0.39, 0.29) is 12.5 Å². The molecule has 0 aliphatic heterocycles. The molecule has 3 rings (SSSR count). The Hall–Kier alpha value is -2.93. The molecule has 0 radical (unpaired) electrons. The zero-order valence-corrected chi connectivity index (χ0v) is 15.7. The molecule has 1 aliphatic rings. The van der Waals surface area contributed by atoms with Gasteiger partial charge in [-0.2, -0.15) is 0 Å². The van der Waals surface area contributed by atoms with Crippen molar-refractivity contribution in [1.29, 1.82) is 0 Å². The number of rotatable bonds is 8. The van der Waals surface area contributed by atoms with E-state index in [4.69, 9.17) is 15.9 Å². The third-order valence-corrected chi connectivity index (χ3v) is 4.83. The molecule has 0 saturated heterocycles. The lowest BCUT2D eigenvalue weighted by molar-refractivity contribution is -0.121. The molecular formula is C23H25NO3. The SMILES string of the molecule is C#CCOc1ccc(CCC(=O)NCc2ccc3c(c2)CCC3)cc1OC. The number of nitrogens with one attached hydrogen (secondary N) is 1. The monoisotopic (exact) mass is 363 g/mol. The molecule has 0 heterocycles. The van der Waals surface area contributed by atoms with Crippen LogP contribution < -0.4 is 14.8 Å². The lowest BCUT2D eigenvalue weighted by atomic mass is 10.1. The number of carbonyl (C=O) groups is 1. The van der Waals surface area contributed by atoms with Gasteiger partial charge in [-0.3, -0.25) is 4.79 Å². The zero-order valence-electron chi connectivity index (χ0n) is 15.7. The molecule has 0 spiro atoms. The maximum atomic E-state index is 12.2. The average molecular weight is 363 g/mol. The minimum atomic E-state index is 0.0436. The van der Waals surface area contributed by atoms with Crippen molar-refractivity contribution in [2.45, 2.75) is 38.6 Å². The Balaban J connectivity index is 1.49. The number of amides is 1. The molecule has 0 fully saturated rings. The molecule has 27 heavy (non-hydrogen) atoms. The van der Waals surface area contributed by atoms with Crippen LogP contribution in [0.4, 0.5) is 0 Å². The number of fused-ring (bicyclic) bond motifs is 1. The summed E-state index contributed by atoms with van der Waals surface area (Å²) in [5.41, 5.74) is 5.07. The second kappa shape index (κ2) is 9.14. The standard InChI is InChI=1S/C23H25NO3/c1-3-13-27-21-11-8-17(15-22(21)26-2)9-12-23(25)24-16-18-7-10-19-5-4-6-20(19)14-18/h1,7-8,10-11,14-15H,4-6,9,12-13,16H2,2H3,(H,24,25). The quantitative estimate of drug-likeness (QED) is 0.731. The van der Waals surface area contributed by atoms with Gasteiger partial charge < -0.3 is 14.8 Å². The Morgan fingerprint density at radius 3 is 2.74 bits per heavy atom. The second-order valence-corrected chi connectivity index (χ2v) is 6.71. The van der Waals surface area contributed by atoms with Gasteiger partial charge >= 0.3 is 0 Å². The molecule has 4 nitrogen and oxygen atoms in total. The van der Waals surface area contributed by atoms with E-state index < -0.39 is 0 Å². The molecule has 0 unspecified atom stereocenters. The first-order valence-electron chi connectivity index (χ1n) is 9.30. The fraction of sp³-hybridized carbons (Fsp3) is 0.348. The average Bonchev–Trinajstić information content (AvgIpc) is 3.17. The first-order valence-corrected chi connectivity index (χ1v) is 9.30. The maximum absolute atomic E-state index is 12.2. The van der Waals surface area contributed by atoms with E-state index in [2.05, 4.69) is 29.4 Å². The van der Waals surface area contributed by atoms with Gasteiger partial charge in [0.15, 0.2) is 11.5 Å². The van der Waals surface area contributed by atoms with Gasteiger partial charge in [-0.1, -0.05) is 30.2 Å². The van der Waals surface area contributed by atoms with Crippen LogP contribution in [0.15, 0.2) is 36.4 Å². The topological polar surface area (TPSA) is 47.6 Å². The van der Waals surface area contributed by atoms with Crippen LogP contribution in [-0.2, 0) is 30.6 Å². The zero-order chi connectivity index (χ0) is 19.1. The molecule has 2 aromatic carbocycles. The van der Waals surface area contributed by atoms with Crippen molar-refractivity contribution in [3.05, 3.63) is 58.7 Å². The normalized spacial score (nSPS) is 12.1. The van der Waals surface area contributed by atoms with Gasteiger partial charge in [-0.05, 0) is 60.1 Å². The van der Waals surface area contributed by atoms with Gasteiger partial charge in [0.2, 0.25) is 5.91 Å². The van der Waals surface area contributed by atoms with Crippen LogP contribution in [0.25, 0.3) is 0 Å². The summed E-state index contributed by atoms with van der Waals surface area (Å²) in [6, 6.07) is 12.2. The third kappa shape index (κ3) is 5.04. The van der Waals surface area contributed by atoms with E-state index in [0.717, 1.165) is 12.0 Å². The Morgan fingerprint density at radius 1 is 1.11 bits per heavy atom. The highest BCUT2D eigenvalue weighted by molar-refractivity contribution is 5.76. The minimum Gasteiger partial charge on any atom is -0.493 e. The Labute approximate surface area is 160 Å². The fourth-order valence-electron chi connectivity index (χ4n) is 3.39. The summed E-state index contributed by atoms with van der Waals surface area (Å²) in [6.07, 6.45) is 9.85. The summed E-state index contributed by atoms with van der Waals surface area (Å²) in [4.78, 5) is 12.2. The number of methoxy groups -OCH3 is 1. The van der Waals surface area contributed by atoms with Crippen LogP contribution in [0.2, 0.25) is 0 Å². The van der Waals surface area contributed by atoms with Crippen molar-refractivity contribution in [3.8, 4) is 23.8 Å². The Kier molecular flexibility index (Phi) is 6.38. The van der Waals surface area contributed by atoms with Crippen molar-refractivity contribution < 1.29 is 14.3 Å². The summed E-state index contributed by atoms with van der Waals surface area (Å²) in [5, 5.41) is 3.01. The smallest absolute Gasteiger partial charge is 0.220 e. The van der Waals surface area contributed by atoms with Crippen LogP contribution in [0, 0.1) is 12.3 Å². The molecule has 0 aromatic heterocycles. The molecule has 1 aliphatic carbocycles. The summed E-state index contributed by atoms with van der Waals surface area (Å²) in [6.45, 7) is 0.773. The molecule has 0 bridgehead atoms. The van der Waals surface area contributed by atoms with Crippen LogP contribution in [-0.4, -0.2) is 19.6 Å². The van der Waals surface area contributed by atoms with E-state index >= 15 is 0 Å². The minimum absolute atomic E-state index is 0.0436. The van der Waals surface area contributed by atoms with Crippen LogP contribution in [0.5, 0.6) is 11.5 Å². The first-order chi connectivity index (χ1) is 13.2. The maximum Gasteiger partial charge on any atom is 0.220 e. The molecule has 0 saturated carbocycles. The van der Waals surface area contributed by atoms with Crippen molar-refractivity contribution >= 4 is 5.91 Å². The summed E-state index contributed by atoms with van der Waals surface area (Å²) in [7, 11) is 1.59. The van der Waals surface area contributed by atoms with E-state index in [1.54, 1.807) is 7.11 Å². The number of hydrogen-bond donors (Lipinski definition) is 1. The molecule has 4 heteroatoms. The van der Waals surface area contributed by atoms with Crippen molar-refractivity contribution in [2.24, 2.45) is 0 Å². The van der Waals surface area contributed by atoms with Gasteiger partial charge in [-0.15, -0.1) is 6.42 Å². The largest absolute Gasteiger partial charge is 0.493 e. The van der Waals surface area contributed by atoms with E-state index in [0.29, 0.717) is 30.9 Å². The molecule has 140 valence electrons. The lowest BCUT2D eigenvalue weighted by Crippen LogP contribution is -2.23. The lowest BCUT2D eigenvalue weighted by Gasteiger charge is -2.11. The Morgan fingerprint density at radius 2 is 1.93 bits per heavy atom. The fourth-order valence-corrected chi connectivity index (χ4v) is 3.39. The van der Waals surface area contributed by atoms with E-state index in [9.17, 15) is 4.79 Å². The molecule has 1 amide bonds.